The molecule has 0 aliphatic carbocycles. The molecule has 4 nitrogen and oxygen atoms in total. The zero-order chi connectivity index (χ0) is 13.1. The van der Waals surface area contributed by atoms with Crippen molar-refractivity contribution in [2.75, 3.05) is 19.0 Å². The van der Waals surface area contributed by atoms with E-state index in [1.54, 1.807) is 12.1 Å². The molecule has 1 aliphatic rings. The van der Waals surface area contributed by atoms with Gasteiger partial charge in [-0.1, -0.05) is 23.2 Å². The predicted octanol–water partition coefficient (Wildman–Crippen LogP) is 3.12. The minimum Gasteiger partial charge on any atom is -0.494 e. The maximum atomic E-state index is 11.8. The Hall–Kier alpha value is -0.970. The van der Waals surface area contributed by atoms with Crippen LogP contribution in [0.4, 0.5) is 5.69 Å². The molecule has 1 saturated heterocycles. The van der Waals surface area contributed by atoms with E-state index in [1.165, 1.54) is 7.11 Å². The number of hydrogen-bond donors (Lipinski definition) is 1. The van der Waals surface area contributed by atoms with Crippen LogP contribution in [0.25, 0.3) is 0 Å². The third kappa shape index (κ3) is 2.88. The van der Waals surface area contributed by atoms with Crippen molar-refractivity contribution >= 4 is 34.8 Å². The third-order valence-corrected chi connectivity index (χ3v) is 3.25. The maximum absolute atomic E-state index is 11.8. The quantitative estimate of drug-likeness (QED) is 0.930. The minimum atomic E-state index is -0.385. The van der Waals surface area contributed by atoms with Crippen LogP contribution in [0.15, 0.2) is 12.1 Å². The van der Waals surface area contributed by atoms with Gasteiger partial charge < -0.3 is 14.8 Å². The summed E-state index contributed by atoms with van der Waals surface area (Å²) in [6.45, 7) is 0.627. The molecular formula is C12H13Cl2NO3. The first-order chi connectivity index (χ1) is 8.61. The normalized spacial score (nSPS) is 18.7. The van der Waals surface area contributed by atoms with E-state index >= 15 is 0 Å². The minimum absolute atomic E-state index is 0.176. The van der Waals surface area contributed by atoms with Crippen LogP contribution in [0.5, 0.6) is 5.75 Å². The molecule has 0 spiro atoms. The molecule has 1 amide bonds. The summed E-state index contributed by atoms with van der Waals surface area (Å²) in [5.41, 5.74) is 0.534. The highest BCUT2D eigenvalue weighted by molar-refractivity contribution is 6.37. The van der Waals surface area contributed by atoms with Gasteiger partial charge in [-0.3, -0.25) is 4.79 Å². The number of benzene rings is 1. The van der Waals surface area contributed by atoms with Gasteiger partial charge >= 0.3 is 0 Å². The Kier molecular flexibility index (Phi) is 4.32. The lowest BCUT2D eigenvalue weighted by atomic mass is 10.2. The summed E-state index contributed by atoms with van der Waals surface area (Å²) < 4.78 is 10.3. The first-order valence-electron chi connectivity index (χ1n) is 5.57. The highest BCUT2D eigenvalue weighted by Gasteiger charge is 2.23. The fourth-order valence-electron chi connectivity index (χ4n) is 1.83. The Morgan fingerprint density at radius 3 is 2.61 bits per heavy atom. The van der Waals surface area contributed by atoms with E-state index in [9.17, 15) is 4.79 Å². The van der Waals surface area contributed by atoms with Crippen molar-refractivity contribution in [3.05, 3.63) is 22.2 Å². The second kappa shape index (κ2) is 5.78. The number of rotatable bonds is 3. The van der Waals surface area contributed by atoms with Crippen LogP contribution in [0.2, 0.25) is 10.0 Å². The van der Waals surface area contributed by atoms with E-state index < -0.39 is 0 Å². The number of anilines is 1. The molecule has 0 saturated carbocycles. The summed E-state index contributed by atoms with van der Waals surface area (Å²) in [7, 11) is 1.48. The van der Waals surface area contributed by atoms with Crippen molar-refractivity contribution in [2.45, 2.75) is 18.9 Å². The molecule has 1 aromatic carbocycles. The Morgan fingerprint density at radius 1 is 1.44 bits per heavy atom. The molecule has 1 aromatic rings. The van der Waals surface area contributed by atoms with Gasteiger partial charge in [-0.05, 0) is 25.0 Å². The number of ether oxygens (including phenoxy) is 2. The number of carbonyl (C=O) groups excluding carboxylic acids is 1. The van der Waals surface area contributed by atoms with Crippen LogP contribution in [0, 0.1) is 0 Å². The van der Waals surface area contributed by atoms with Crippen molar-refractivity contribution in [2.24, 2.45) is 0 Å². The van der Waals surface area contributed by atoms with Crippen molar-refractivity contribution in [1.29, 1.82) is 0 Å². The molecule has 98 valence electrons. The molecular weight excluding hydrogens is 277 g/mol. The SMILES string of the molecule is COc1c(Cl)cc(NC(=O)[C@H]2CCCO2)cc1Cl. The summed E-state index contributed by atoms with van der Waals surface area (Å²) in [6, 6.07) is 3.19. The first-order valence-corrected chi connectivity index (χ1v) is 6.33. The largest absolute Gasteiger partial charge is 0.494 e. The molecule has 1 heterocycles. The number of carbonyl (C=O) groups is 1. The predicted molar refractivity (Wildman–Crippen MR) is 70.6 cm³/mol. The second-order valence-corrected chi connectivity index (χ2v) is 4.78. The summed E-state index contributed by atoms with van der Waals surface area (Å²) in [5.74, 6) is 0.221. The molecule has 0 bridgehead atoms. The number of amides is 1. The van der Waals surface area contributed by atoms with Crippen LogP contribution in [-0.2, 0) is 9.53 Å². The lowest BCUT2D eigenvalue weighted by Crippen LogP contribution is -2.26. The van der Waals surface area contributed by atoms with Gasteiger partial charge in [0.1, 0.15) is 6.10 Å². The molecule has 0 unspecified atom stereocenters. The molecule has 1 atom stereocenters. The van der Waals surface area contributed by atoms with Crippen LogP contribution >= 0.6 is 23.2 Å². The molecule has 1 N–H and O–H groups in total. The number of methoxy groups -OCH3 is 1. The lowest BCUT2D eigenvalue weighted by molar-refractivity contribution is -0.124. The summed E-state index contributed by atoms with van der Waals surface area (Å²) in [6.07, 6.45) is 1.26. The van der Waals surface area contributed by atoms with Crippen molar-refractivity contribution < 1.29 is 14.3 Å². The first kappa shape index (κ1) is 13.5. The summed E-state index contributed by atoms with van der Waals surface area (Å²) in [4.78, 5) is 11.8. The average Bonchev–Trinajstić information content (AvgIpc) is 2.81. The Bertz CT molecular complexity index is 436. The zero-order valence-electron chi connectivity index (χ0n) is 9.83. The zero-order valence-corrected chi connectivity index (χ0v) is 11.3. The smallest absolute Gasteiger partial charge is 0.253 e. The van der Waals surface area contributed by atoms with E-state index in [4.69, 9.17) is 32.7 Å². The van der Waals surface area contributed by atoms with Crippen LogP contribution in [0.1, 0.15) is 12.8 Å². The molecule has 1 fully saturated rings. The van der Waals surface area contributed by atoms with Crippen molar-refractivity contribution in [3.8, 4) is 5.75 Å². The van der Waals surface area contributed by atoms with Gasteiger partial charge in [0, 0.05) is 12.3 Å². The van der Waals surface area contributed by atoms with Gasteiger partial charge in [0.2, 0.25) is 0 Å². The van der Waals surface area contributed by atoms with Gasteiger partial charge in [-0.15, -0.1) is 0 Å². The van der Waals surface area contributed by atoms with Gasteiger partial charge in [0.25, 0.3) is 5.91 Å². The highest BCUT2D eigenvalue weighted by atomic mass is 35.5. The molecule has 6 heteroatoms. The van der Waals surface area contributed by atoms with Crippen molar-refractivity contribution in [1.82, 2.24) is 0 Å². The van der Waals surface area contributed by atoms with E-state index in [1.807, 2.05) is 0 Å². The van der Waals surface area contributed by atoms with E-state index in [-0.39, 0.29) is 12.0 Å². The Balaban J connectivity index is 2.12. The number of halogens is 2. The Labute approximate surface area is 115 Å². The lowest BCUT2D eigenvalue weighted by Gasteiger charge is -2.12. The van der Waals surface area contributed by atoms with Crippen molar-refractivity contribution in [3.63, 3.8) is 0 Å². The summed E-state index contributed by atoms with van der Waals surface area (Å²) >= 11 is 12.0. The maximum Gasteiger partial charge on any atom is 0.253 e. The van der Waals surface area contributed by atoms with Crippen LogP contribution < -0.4 is 10.1 Å². The van der Waals surface area contributed by atoms with Crippen LogP contribution in [0.3, 0.4) is 0 Å². The topological polar surface area (TPSA) is 47.6 Å². The number of hydrogen-bond acceptors (Lipinski definition) is 3. The van der Waals surface area contributed by atoms with Gasteiger partial charge in [0.05, 0.1) is 17.2 Å². The average molecular weight is 290 g/mol. The summed E-state index contributed by atoms with van der Waals surface area (Å²) in [5, 5.41) is 3.44. The second-order valence-electron chi connectivity index (χ2n) is 3.96. The fraction of sp³-hybridized carbons (Fsp3) is 0.417. The van der Waals surface area contributed by atoms with Crippen LogP contribution in [-0.4, -0.2) is 25.7 Å². The van der Waals surface area contributed by atoms with E-state index in [0.29, 0.717) is 28.1 Å². The van der Waals surface area contributed by atoms with Gasteiger partial charge in [0.15, 0.2) is 5.75 Å². The molecule has 0 radical (unpaired) electrons. The monoisotopic (exact) mass is 289 g/mol. The van der Waals surface area contributed by atoms with E-state index in [0.717, 1.165) is 12.8 Å². The highest BCUT2D eigenvalue weighted by Crippen LogP contribution is 2.35. The van der Waals surface area contributed by atoms with Gasteiger partial charge in [-0.2, -0.15) is 0 Å². The fourth-order valence-corrected chi connectivity index (χ4v) is 2.48. The molecule has 1 aliphatic heterocycles. The third-order valence-electron chi connectivity index (χ3n) is 2.69. The number of nitrogens with one attached hydrogen (secondary N) is 1. The molecule has 2 rings (SSSR count). The molecule has 0 aromatic heterocycles. The van der Waals surface area contributed by atoms with E-state index in [2.05, 4.69) is 5.32 Å². The standard InChI is InChI=1S/C12H13Cl2NO3/c1-17-11-8(13)5-7(6-9(11)14)15-12(16)10-3-2-4-18-10/h5-6,10H,2-4H2,1H3,(H,15,16)/t10-/m1/s1. The van der Waals surface area contributed by atoms with Gasteiger partial charge in [-0.25, -0.2) is 0 Å². The Morgan fingerprint density at radius 2 is 2.11 bits per heavy atom. The molecule has 18 heavy (non-hydrogen) atoms.